The first kappa shape index (κ1) is 13.8. The Morgan fingerprint density at radius 3 is 2.91 bits per heavy atom. The molecule has 4 rings (SSSR count). The molecule has 3 heteroatoms. The van der Waals surface area contributed by atoms with E-state index < -0.39 is 0 Å². The minimum atomic E-state index is 0.280. The SMILES string of the molecule is C/C=C1/CN(C)C[C@H]2Cc3c([nH]c4ccccc34)C(=O)C[C@@H]12. The van der Waals surface area contributed by atoms with Crippen LogP contribution < -0.4 is 0 Å². The fourth-order valence-electron chi connectivity index (χ4n) is 4.35. The lowest BCUT2D eigenvalue weighted by Gasteiger charge is -2.38. The number of nitrogens with zero attached hydrogens (tertiary/aromatic N) is 1. The number of rotatable bonds is 0. The van der Waals surface area contributed by atoms with Gasteiger partial charge in [-0.25, -0.2) is 0 Å². The molecule has 2 aromatic rings. The summed E-state index contributed by atoms with van der Waals surface area (Å²) in [6.07, 6.45) is 3.87. The number of likely N-dealkylation sites (N-methyl/N-ethyl adjacent to an activating group) is 1. The molecule has 22 heavy (non-hydrogen) atoms. The number of Topliss-reactive ketones (excluding diaryl/α,β-unsaturated/α-hetero) is 1. The minimum Gasteiger partial charge on any atom is -0.352 e. The number of allylic oxidation sites excluding steroid dienone is 1. The van der Waals surface area contributed by atoms with Crippen LogP contribution in [0.1, 0.15) is 29.4 Å². The summed E-state index contributed by atoms with van der Waals surface area (Å²) < 4.78 is 0. The monoisotopic (exact) mass is 294 g/mol. The molecule has 0 radical (unpaired) electrons. The predicted molar refractivity (Wildman–Crippen MR) is 89.2 cm³/mol. The number of H-pyrrole nitrogens is 1. The van der Waals surface area contributed by atoms with Crippen LogP contribution in [0.2, 0.25) is 0 Å². The van der Waals surface area contributed by atoms with Gasteiger partial charge in [0.2, 0.25) is 0 Å². The Labute approximate surface area is 131 Å². The lowest BCUT2D eigenvalue weighted by atomic mass is 9.78. The smallest absolute Gasteiger partial charge is 0.179 e. The number of benzene rings is 1. The van der Waals surface area contributed by atoms with Gasteiger partial charge < -0.3 is 9.88 Å². The average molecular weight is 294 g/mol. The number of hydrogen-bond acceptors (Lipinski definition) is 2. The maximum atomic E-state index is 12.8. The number of hydrogen-bond donors (Lipinski definition) is 1. The van der Waals surface area contributed by atoms with Crippen LogP contribution in [0.5, 0.6) is 0 Å². The number of likely N-dealkylation sites (tertiary alicyclic amines) is 1. The van der Waals surface area contributed by atoms with Gasteiger partial charge in [0.25, 0.3) is 0 Å². The number of para-hydroxylation sites is 1. The molecule has 0 saturated carbocycles. The van der Waals surface area contributed by atoms with Crippen LogP contribution in [-0.4, -0.2) is 35.8 Å². The number of carbonyl (C=O) groups excluding carboxylic acids is 1. The highest BCUT2D eigenvalue weighted by molar-refractivity contribution is 6.03. The third-order valence-corrected chi connectivity index (χ3v) is 5.38. The van der Waals surface area contributed by atoms with E-state index in [2.05, 4.69) is 48.1 Å². The molecule has 1 N–H and O–H groups in total. The van der Waals surface area contributed by atoms with E-state index in [0.717, 1.165) is 30.7 Å². The Hall–Kier alpha value is -1.87. The second kappa shape index (κ2) is 5.10. The molecular weight excluding hydrogens is 272 g/mol. The Kier molecular flexibility index (Phi) is 3.19. The van der Waals surface area contributed by atoms with Gasteiger partial charge in [-0.15, -0.1) is 0 Å². The van der Waals surface area contributed by atoms with Crippen molar-refractivity contribution in [3.8, 4) is 0 Å². The Bertz CT molecular complexity index is 771. The lowest BCUT2D eigenvalue weighted by Crippen LogP contribution is -2.40. The number of fused-ring (bicyclic) bond motifs is 4. The zero-order valence-electron chi connectivity index (χ0n) is 13.2. The summed E-state index contributed by atoms with van der Waals surface area (Å²) in [5.74, 6) is 1.23. The number of ketones is 1. The van der Waals surface area contributed by atoms with Gasteiger partial charge in [0, 0.05) is 30.4 Å². The summed E-state index contributed by atoms with van der Waals surface area (Å²) in [4.78, 5) is 18.6. The molecule has 0 amide bonds. The fraction of sp³-hybridized carbons (Fsp3) is 0.421. The van der Waals surface area contributed by atoms with E-state index in [1.165, 1.54) is 16.5 Å². The van der Waals surface area contributed by atoms with E-state index in [4.69, 9.17) is 0 Å². The zero-order chi connectivity index (χ0) is 15.3. The summed E-state index contributed by atoms with van der Waals surface area (Å²) in [5, 5.41) is 1.22. The number of aromatic amines is 1. The number of nitrogens with one attached hydrogen (secondary N) is 1. The highest BCUT2D eigenvalue weighted by Gasteiger charge is 2.37. The fourth-order valence-corrected chi connectivity index (χ4v) is 4.35. The summed E-state index contributed by atoms with van der Waals surface area (Å²) in [7, 11) is 2.18. The molecule has 1 aromatic heterocycles. The summed E-state index contributed by atoms with van der Waals surface area (Å²) in [6, 6.07) is 8.30. The molecule has 1 aromatic carbocycles. The second-order valence-corrected chi connectivity index (χ2v) is 6.78. The van der Waals surface area contributed by atoms with Gasteiger partial charge in [0.1, 0.15) is 0 Å². The largest absolute Gasteiger partial charge is 0.352 e. The van der Waals surface area contributed by atoms with Crippen LogP contribution in [0, 0.1) is 11.8 Å². The van der Waals surface area contributed by atoms with Crippen LogP contribution in [-0.2, 0) is 6.42 Å². The van der Waals surface area contributed by atoms with Gasteiger partial charge in [-0.2, -0.15) is 0 Å². The zero-order valence-corrected chi connectivity index (χ0v) is 13.2. The third-order valence-electron chi connectivity index (χ3n) is 5.38. The Balaban J connectivity index is 1.83. The normalized spacial score (nSPS) is 27.7. The quantitative estimate of drug-likeness (QED) is 0.756. The molecule has 2 aliphatic rings. The molecule has 0 bridgehead atoms. The minimum absolute atomic E-state index is 0.280. The molecule has 114 valence electrons. The van der Waals surface area contributed by atoms with Gasteiger partial charge in [0.15, 0.2) is 5.78 Å². The van der Waals surface area contributed by atoms with Gasteiger partial charge >= 0.3 is 0 Å². The van der Waals surface area contributed by atoms with Gasteiger partial charge in [0.05, 0.1) is 5.69 Å². The Morgan fingerprint density at radius 1 is 1.27 bits per heavy atom. The molecule has 1 saturated heterocycles. The van der Waals surface area contributed by atoms with Gasteiger partial charge in [-0.3, -0.25) is 4.79 Å². The summed E-state index contributed by atoms with van der Waals surface area (Å²) in [6.45, 7) is 4.18. The van der Waals surface area contributed by atoms with E-state index in [1.54, 1.807) is 0 Å². The number of aromatic nitrogens is 1. The van der Waals surface area contributed by atoms with Crippen molar-refractivity contribution in [2.75, 3.05) is 20.1 Å². The van der Waals surface area contributed by atoms with Gasteiger partial charge in [-0.1, -0.05) is 29.8 Å². The van der Waals surface area contributed by atoms with Crippen LogP contribution >= 0.6 is 0 Å². The predicted octanol–water partition coefficient (Wildman–Crippen LogP) is 3.42. The number of carbonyl (C=O) groups is 1. The summed E-state index contributed by atoms with van der Waals surface area (Å²) in [5.41, 5.74) is 4.61. The topological polar surface area (TPSA) is 36.1 Å². The van der Waals surface area contributed by atoms with E-state index >= 15 is 0 Å². The molecule has 1 aliphatic carbocycles. The summed E-state index contributed by atoms with van der Waals surface area (Å²) >= 11 is 0. The second-order valence-electron chi connectivity index (χ2n) is 6.78. The molecule has 2 atom stereocenters. The van der Waals surface area contributed by atoms with Crippen LogP contribution in [0.3, 0.4) is 0 Å². The van der Waals surface area contributed by atoms with E-state index in [-0.39, 0.29) is 5.78 Å². The van der Waals surface area contributed by atoms with Crippen molar-refractivity contribution in [3.63, 3.8) is 0 Å². The highest BCUT2D eigenvalue weighted by atomic mass is 16.1. The third kappa shape index (κ3) is 2.03. The van der Waals surface area contributed by atoms with Crippen molar-refractivity contribution in [1.29, 1.82) is 0 Å². The van der Waals surface area contributed by atoms with Crippen molar-refractivity contribution in [2.24, 2.45) is 11.8 Å². The molecule has 0 unspecified atom stereocenters. The maximum absolute atomic E-state index is 12.8. The number of piperidine rings is 1. The van der Waals surface area contributed by atoms with Crippen molar-refractivity contribution < 1.29 is 4.79 Å². The highest BCUT2D eigenvalue weighted by Crippen LogP contribution is 2.39. The van der Waals surface area contributed by atoms with Crippen LogP contribution in [0.4, 0.5) is 0 Å². The molecule has 1 fully saturated rings. The van der Waals surface area contributed by atoms with Crippen molar-refractivity contribution in [1.82, 2.24) is 9.88 Å². The lowest BCUT2D eigenvalue weighted by molar-refractivity contribution is 0.0936. The van der Waals surface area contributed by atoms with Gasteiger partial charge in [-0.05, 0) is 43.9 Å². The standard InChI is InChI=1S/C19H22N2O/c1-3-12-10-21(2)11-13-8-16-14-6-4-5-7-17(14)20-19(16)18(22)9-15(12)13/h3-7,13,15,20H,8-11H2,1-2H3/b12-3-/t13-,15+/m1/s1. The van der Waals surface area contributed by atoms with Crippen LogP contribution in [0.25, 0.3) is 10.9 Å². The van der Waals surface area contributed by atoms with Crippen molar-refractivity contribution in [3.05, 3.63) is 47.2 Å². The molecule has 2 heterocycles. The maximum Gasteiger partial charge on any atom is 0.179 e. The van der Waals surface area contributed by atoms with E-state index in [9.17, 15) is 4.79 Å². The molecule has 0 spiro atoms. The molecule has 1 aliphatic heterocycles. The Morgan fingerprint density at radius 2 is 2.09 bits per heavy atom. The first-order valence-corrected chi connectivity index (χ1v) is 8.13. The van der Waals surface area contributed by atoms with Crippen LogP contribution in [0.15, 0.2) is 35.9 Å². The van der Waals surface area contributed by atoms with Crippen molar-refractivity contribution >= 4 is 16.7 Å². The van der Waals surface area contributed by atoms with Crippen molar-refractivity contribution in [2.45, 2.75) is 19.8 Å². The van der Waals surface area contributed by atoms with E-state index in [0.29, 0.717) is 18.3 Å². The first-order chi connectivity index (χ1) is 10.7. The molecular formula is C19H22N2O. The average Bonchev–Trinajstić information content (AvgIpc) is 2.82. The first-order valence-electron chi connectivity index (χ1n) is 8.13. The van der Waals surface area contributed by atoms with E-state index in [1.807, 2.05) is 6.07 Å². The molecule has 3 nitrogen and oxygen atoms in total.